The molecule has 2 heterocycles. The van der Waals surface area contributed by atoms with E-state index >= 15 is 0 Å². The summed E-state index contributed by atoms with van der Waals surface area (Å²) >= 11 is 0. The third-order valence-electron chi connectivity index (χ3n) is 6.19. The molecule has 2 saturated heterocycles. The average molecular weight is 344 g/mol. The molecular weight excluding hydrogens is 310 g/mol. The Balaban J connectivity index is 1.51. The second-order valence-corrected chi connectivity index (χ2v) is 7.87. The molecule has 0 bridgehead atoms. The van der Waals surface area contributed by atoms with Crippen LogP contribution in [0, 0.1) is 25.7 Å². The van der Waals surface area contributed by atoms with E-state index in [1.165, 1.54) is 29.7 Å². The van der Waals surface area contributed by atoms with Gasteiger partial charge < -0.3 is 15.1 Å². The third kappa shape index (κ3) is 4.35. The largest absolute Gasteiger partial charge is 0.368 e. The molecule has 1 amide bonds. The van der Waals surface area contributed by atoms with Crippen molar-refractivity contribution in [2.75, 3.05) is 44.2 Å². The van der Waals surface area contributed by atoms with Crippen LogP contribution in [0.2, 0.25) is 0 Å². The minimum Gasteiger partial charge on any atom is -0.368 e. The number of carbonyl (C=O) groups is 1. The number of piperazine rings is 1. The lowest BCUT2D eigenvalue weighted by Gasteiger charge is -2.38. The summed E-state index contributed by atoms with van der Waals surface area (Å²) in [5, 5.41) is 3.47. The second-order valence-electron chi connectivity index (χ2n) is 7.87. The summed E-state index contributed by atoms with van der Waals surface area (Å²) in [6.07, 6.45) is 3.22. The molecule has 0 aliphatic carbocycles. The Hall–Kier alpha value is -1.55. The number of piperidine rings is 1. The highest BCUT2D eigenvalue weighted by Gasteiger charge is 2.26. The topological polar surface area (TPSA) is 35.6 Å². The van der Waals surface area contributed by atoms with Crippen LogP contribution >= 0.6 is 0 Å². The molecule has 0 aromatic heterocycles. The number of nitrogens with zero attached hydrogens (tertiary/aromatic N) is 2. The van der Waals surface area contributed by atoms with Crippen molar-refractivity contribution in [1.29, 1.82) is 0 Å². The minimum atomic E-state index is 0.346. The normalized spacial score (nSPS) is 22.8. The number of hydrogen-bond donors (Lipinski definition) is 1. The van der Waals surface area contributed by atoms with Gasteiger partial charge in [-0.2, -0.15) is 0 Å². The molecule has 1 N–H and O–H groups in total. The fourth-order valence-corrected chi connectivity index (χ4v) is 4.21. The van der Waals surface area contributed by atoms with Gasteiger partial charge in [-0.05, 0) is 68.8 Å². The van der Waals surface area contributed by atoms with Crippen molar-refractivity contribution in [1.82, 2.24) is 10.2 Å². The minimum absolute atomic E-state index is 0.346. The molecule has 0 saturated carbocycles. The van der Waals surface area contributed by atoms with Crippen LogP contribution in [0.5, 0.6) is 0 Å². The maximum Gasteiger partial charge on any atom is 0.222 e. The molecule has 1 aromatic carbocycles. The van der Waals surface area contributed by atoms with Gasteiger partial charge in [-0.25, -0.2) is 0 Å². The molecule has 2 aliphatic heterocycles. The van der Waals surface area contributed by atoms with Crippen molar-refractivity contribution in [2.24, 2.45) is 11.8 Å². The number of nitrogens with one attached hydrogen (secondary N) is 1. The number of benzene rings is 1. The molecule has 138 valence electrons. The van der Waals surface area contributed by atoms with E-state index in [1.807, 2.05) is 0 Å². The average Bonchev–Trinajstić information content (AvgIpc) is 2.65. The Morgan fingerprint density at radius 1 is 1.24 bits per heavy atom. The zero-order chi connectivity index (χ0) is 17.8. The fraction of sp³-hybridized carbons (Fsp3) is 0.667. The van der Waals surface area contributed by atoms with Crippen LogP contribution in [-0.2, 0) is 4.79 Å². The fourth-order valence-electron chi connectivity index (χ4n) is 4.21. The number of amides is 1. The van der Waals surface area contributed by atoms with Crippen molar-refractivity contribution in [3.05, 3.63) is 29.3 Å². The van der Waals surface area contributed by atoms with Crippen molar-refractivity contribution in [3.8, 4) is 0 Å². The highest BCUT2D eigenvalue weighted by atomic mass is 16.2. The number of carbonyl (C=O) groups excluding carboxylic acids is 1. The van der Waals surface area contributed by atoms with E-state index in [1.54, 1.807) is 0 Å². The van der Waals surface area contributed by atoms with Crippen LogP contribution in [0.3, 0.4) is 0 Å². The summed E-state index contributed by atoms with van der Waals surface area (Å²) in [4.78, 5) is 17.2. The van der Waals surface area contributed by atoms with Crippen LogP contribution in [-0.4, -0.2) is 50.1 Å². The van der Waals surface area contributed by atoms with Crippen molar-refractivity contribution < 1.29 is 4.79 Å². The van der Waals surface area contributed by atoms with Gasteiger partial charge in [-0.1, -0.05) is 19.1 Å². The maximum absolute atomic E-state index is 12.7. The van der Waals surface area contributed by atoms with E-state index in [2.05, 4.69) is 54.1 Å². The van der Waals surface area contributed by atoms with E-state index in [0.29, 0.717) is 24.2 Å². The standard InChI is InChI=1S/C21H33N3O/c1-16-6-4-8-20(18(16)3)23-10-12-24(13-11-23)21(25)14-17(2)19-7-5-9-22-15-19/h4,6,8,17,19,22H,5,7,9-15H2,1-3H3. The first-order chi connectivity index (χ1) is 12.1. The summed E-state index contributed by atoms with van der Waals surface area (Å²) < 4.78 is 0. The third-order valence-corrected chi connectivity index (χ3v) is 6.19. The van der Waals surface area contributed by atoms with Gasteiger partial charge in [-0.3, -0.25) is 4.79 Å². The van der Waals surface area contributed by atoms with E-state index in [-0.39, 0.29) is 0 Å². The van der Waals surface area contributed by atoms with Crippen molar-refractivity contribution in [3.63, 3.8) is 0 Å². The van der Waals surface area contributed by atoms with E-state index in [0.717, 1.165) is 39.3 Å². The predicted molar refractivity (Wildman–Crippen MR) is 104 cm³/mol. The quantitative estimate of drug-likeness (QED) is 0.913. The molecule has 0 radical (unpaired) electrons. The Bertz CT molecular complexity index is 587. The number of hydrogen-bond acceptors (Lipinski definition) is 3. The highest BCUT2D eigenvalue weighted by Crippen LogP contribution is 2.26. The number of anilines is 1. The highest BCUT2D eigenvalue weighted by molar-refractivity contribution is 5.77. The summed E-state index contributed by atoms with van der Waals surface area (Å²) in [7, 11) is 0. The van der Waals surface area contributed by atoms with E-state index in [9.17, 15) is 4.79 Å². The molecule has 2 fully saturated rings. The SMILES string of the molecule is Cc1cccc(N2CCN(C(=O)CC(C)C3CCCNC3)CC2)c1C. The lowest BCUT2D eigenvalue weighted by molar-refractivity contribution is -0.132. The van der Waals surface area contributed by atoms with E-state index in [4.69, 9.17) is 0 Å². The van der Waals surface area contributed by atoms with E-state index < -0.39 is 0 Å². The van der Waals surface area contributed by atoms with Crippen molar-refractivity contribution >= 4 is 11.6 Å². The van der Waals surface area contributed by atoms with Gasteiger partial charge >= 0.3 is 0 Å². The van der Waals surface area contributed by atoms with Gasteiger partial charge in [0.1, 0.15) is 0 Å². The molecular formula is C21H33N3O. The first-order valence-corrected chi connectivity index (χ1v) is 9.86. The summed E-state index contributed by atoms with van der Waals surface area (Å²) in [6, 6.07) is 6.51. The number of aryl methyl sites for hydroxylation is 1. The predicted octanol–water partition coefficient (Wildman–Crippen LogP) is 2.98. The van der Waals surface area contributed by atoms with Gasteiger partial charge in [0.15, 0.2) is 0 Å². The molecule has 1 aromatic rings. The molecule has 3 rings (SSSR count). The summed E-state index contributed by atoms with van der Waals surface area (Å²) in [5.74, 6) is 1.49. The Kier molecular flexibility index (Phi) is 6.00. The van der Waals surface area contributed by atoms with Crippen LogP contribution in [0.1, 0.15) is 37.3 Å². The van der Waals surface area contributed by atoms with Crippen LogP contribution in [0.25, 0.3) is 0 Å². The van der Waals surface area contributed by atoms with Crippen LogP contribution < -0.4 is 10.2 Å². The summed E-state index contributed by atoms with van der Waals surface area (Å²) in [5.41, 5.74) is 4.03. The monoisotopic (exact) mass is 343 g/mol. The Labute approximate surface area is 152 Å². The first-order valence-electron chi connectivity index (χ1n) is 9.86. The zero-order valence-corrected chi connectivity index (χ0v) is 16.1. The maximum atomic E-state index is 12.7. The van der Waals surface area contributed by atoms with Gasteiger partial charge in [0.25, 0.3) is 0 Å². The lowest BCUT2D eigenvalue weighted by Crippen LogP contribution is -2.49. The summed E-state index contributed by atoms with van der Waals surface area (Å²) in [6.45, 7) is 12.4. The van der Waals surface area contributed by atoms with Gasteiger partial charge in [0.05, 0.1) is 0 Å². The van der Waals surface area contributed by atoms with Gasteiger partial charge in [0, 0.05) is 38.3 Å². The Morgan fingerprint density at radius 2 is 2.00 bits per heavy atom. The van der Waals surface area contributed by atoms with Gasteiger partial charge in [0.2, 0.25) is 5.91 Å². The molecule has 0 spiro atoms. The Morgan fingerprint density at radius 3 is 2.68 bits per heavy atom. The van der Waals surface area contributed by atoms with Crippen LogP contribution in [0.4, 0.5) is 5.69 Å². The van der Waals surface area contributed by atoms with Gasteiger partial charge in [-0.15, -0.1) is 0 Å². The lowest BCUT2D eigenvalue weighted by atomic mass is 9.85. The van der Waals surface area contributed by atoms with Crippen LogP contribution in [0.15, 0.2) is 18.2 Å². The second kappa shape index (κ2) is 8.22. The van der Waals surface area contributed by atoms with Crippen molar-refractivity contribution in [2.45, 2.75) is 40.0 Å². The molecule has 4 nitrogen and oxygen atoms in total. The molecule has 4 heteroatoms. The molecule has 2 aliphatic rings. The zero-order valence-electron chi connectivity index (χ0n) is 16.1. The first kappa shape index (κ1) is 18.2. The molecule has 25 heavy (non-hydrogen) atoms. The molecule has 2 unspecified atom stereocenters. The smallest absolute Gasteiger partial charge is 0.222 e. The molecule has 2 atom stereocenters. The number of rotatable bonds is 4.